The number of aryl methyl sites for hydroxylation is 1. The first-order valence-electron chi connectivity index (χ1n) is 6.35. The van der Waals surface area contributed by atoms with Crippen molar-refractivity contribution < 1.29 is 9.94 Å². The first kappa shape index (κ1) is 15.2. The number of amidine groups is 1. The number of nitrogens with two attached hydrogens (primary N) is 1. The summed E-state index contributed by atoms with van der Waals surface area (Å²) < 4.78 is 5.77. The number of hydrogen-bond acceptors (Lipinski definition) is 5. The Morgan fingerprint density at radius 2 is 1.95 bits per heavy atom. The molecule has 1 rings (SSSR count). The molecule has 0 aromatic carbocycles. The fourth-order valence-electron chi connectivity index (χ4n) is 1.92. The van der Waals surface area contributed by atoms with Crippen LogP contribution < -0.4 is 10.5 Å². The van der Waals surface area contributed by atoms with Crippen molar-refractivity contribution in [2.45, 2.75) is 47.1 Å². The van der Waals surface area contributed by atoms with Crippen molar-refractivity contribution in [1.82, 2.24) is 10.2 Å². The predicted molar refractivity (Wildman–Crippen MR) is 73.6 cm³/mol. The molecule has 0 fully saturated rings. The Morgan fingerprint density at radius 3 is 2.47 bits per heavy atom. The van der Waals surface area contributed by atoms with E-state index in [0.29, 0.717) is 17.4 Å². The van der Waals surface area contributed by atoms with Crippen molar-refractivity contribution in [3.8, 4) is 5.88 Å². The highest BCUT2D eigenvalue weighted by atomic mass is 16.5. The maximum Gasteiger partial charge on any atom is 0.245 e. The lowest BCUT2D eigenvalue weighted by Gasteiger charge is -2.18. The molecule has 0 spiro atoms. The van der Waals surface area contributed by atoms with E-state index in [1.165, 1.54) is 0 Å². The summed E-state index contributed by atoms with van der Waals surface area (Å²) in [6.45, 7) is 9.87. The van der Waals surface area contributed by atoms with Crippen LogP contribution in [0.15, 0.2) is 5.16 Å². The second-order valence-electron chi connectivity index (χ2n) is 5.13. The molecule has 0 bridgehead atoms. The third-order valence-corrected chi connectivity index (χ3v) is 2.90. The molecule has 0 aliphatic rings. The normalized spacial score (nSPS) is 13.7. The summed E-state index contributed by atoms with van der Waals surface area (Å²) in [6.07, 6.45) is 0.881. The van der Waals surface area contributed by atoms with Gasteiger partial charge in [0.05, 0.1) is 17.4 Å². The summed E-state index contributed by atoms with van der Waals surface area (Å²) in [5.41, 5.74) is 7.73. The largest absolute Gasteiger partial charge is 0.473 e. The Labute approximate surface area is 113 Å². The molecule has 1 unspecified atom stereocenters. The standard InChI is InChI=1S/C13H22N4O2/c1-7(2)6-8(3)19-13-11(12(14)17-18)9(4)10(5)15-16-13/h7-8,18H,6H2,1-5H3,(H2,14,17). The van der Waals surface area contributed by atoms with Crippen molar-refractivity contribution in [3.05, 3.63) is 16.8 Å². The van der Waals surface area contributed by atoms with Gasteiger partial charge in [-0.2, -0.15) is 5.10 Å². The number of oxime groups is 1. The molecule has 6 nitrogen and oxygen atoms in total. The van der Waals surface area contributed by atoms with Crippen molar-refractivity contribution in [2.75, 3.05) is 0 Å². The zero-order chi connectivity index (χ0) is 14.6. The van der Waals surface area contributed by atoms with Crippen molar-refractivity contribution in [1.29, 1.82) is 0 Å². The zero-order valence-corrected chi connectivity index (χ0v) is 12.1. The topological polar surface area (TPSA) is 93.6 Å². The average Bonchev–Trinajstić information content (AvgIpc) is 2.32. The van der Waals surface area contributed by atoms with Gasteiger partial charge < -0.3 is 15.7 Å². The lowest BCUT2D eigenvalue weighted by molar-refractivity contribution is 0.183. The number of nitrogens with zero attached hydrogens (tertiary/aromatic N) is 3. The first-order chi connectivity index (χ1) is 8.86. The van der Waals surface area contributed by atoms with Gasteiger partial charge in [-0.25, -0.2) is 0 Å². The van der Waals surface area contributed by atoms with Gasteiger partial charge in [0.1, 0.15) is 0 Å². The predicted octanol–water partition coefficient (Wildman–Crippen LogP) is 2.00. The fourth-order valence-corrected chi connectivity index (χ4v) is 1.92. The quantitative estimate of drug-likeness (QED) is 0.368. The molecular formula is C13H22N4O2. The van der Waals surface area contributed by atoms with E-state index in [1.807, 2.05) is 20.8 Å². The number of ether oxygens (including phenoxy) is 1. The second kappa shape index (κ2) is 6.36. The maximum atomic E-state index is 8.87. The van der Waals surface area contributed by atoms with Crippen LogP contribution in [0.4, 0.5) is 0 Å². The SMILES string of the molecule is Cc1nnc(OC(C)CC(C)C)c(/C(N)=N/O)c1C. The lowest BCUT2D eigenvalue weighted by atomic mass is 10.1. The zero-order valence-electron chi connectivity index (χ0n) is 12.1. The highest BCUT2D eigenvalue weighted by Crippen LogP contribution is 2.22. The fraction of sp³-hybridized carbons (Fsp3) is 0.615. The summed E-state index contributed by atoms with van der Waals surface area (Å²) in [6, 6.07) is 0. The van der Waals surface area contributed by atoms with Crippen LogP contribution in [0.3, 0.4) is 0 Å². The summed E-state index contributed by atoms with van der Waals surface area (Å²) in [7, 11) is 0. The minimum Gasteiger partial charge on any atom is -0.473 e. The van der Waals surface area contributed by atoms with E-state index >= 15 is 0 Å². The van der Waals surface area contributed by atoms with E-state index in [2.05, 4.69) is 29.2 Å². The second-order valence-corrected chi connectivity index (χ2v) is 5.13. The summed E-state index contributed by atoms with van der Waals surface area (Å²) in [4.78, 5) is 0. The minimum absolute atomic E-state index is 0.0118. The molecule has 0 aliphatic heterocycles. The van der Waals surface area contributed by atoms with Gasteiger partial charge in [0, 0.05) is 0 Å². The molecule has 0 aliphatic carbocycles. The van der Waals surface area contributed by atoms with Crippen molar-refractivity contribution >= 4 is 5.84 Å². The number of hydrogen-bond donors (Lipinski definition) is 2. The molecule has 0 radical (unpaired) electrons. The molecule has 1 aromatic rings. The molecule has 1 heterocycles. The Kier molecular flexibility index (Phi) is 5.09. The molecule has 1 atom stereocenters. The van der Waals surface area contributed by atoms with Gasteiger partial charge >= 0.3 is 0 Å². The van der Waals surface area contributed by atoms with Gasteiger partial charge in [0.15, 0.2) is 5.84 Å². The average molecular weight is 266 g/mol. The lowest BCUT2D eigenvalue weighted by Crippen LogP contribution is -2.22. The Balaban J connectivity index is 3.10. The Morgan fingerprint density at radius 1 is 1.32 bits per heavy atom. The summed E-state index contributed by atoms with van der Waals surface area (Å²) in [5, 5.41) is 19.9. The van der Waals surface area contributed by atoms with Gasteiger partial charge in [-0.3, -0.25) is 0 Å². The van der Waals surface area contributed by atoms with Gasteiger partial charge in [0.2, 0.25) is 5.88 Å². The molecule has 0 saturated heterocycles. The molecule has 0 amide bonds. The molecule has 1 aromatic heterocycles. The third-order valence-electron chi connectivity index (χ3n) is 2.90. The van der Waals surface area contributed by atoms with E-state index in [0.717, 1.165) is 17.7 Å². The van der Waals surface area contributed by atoms with Crippen LogP contribution in [0.5, 0.6) is 5.88 Å². The Bertz CT molecular complexity index is 472. The molecule has 6 heteroatoms. The van der Waals surface area contributed by atoms with E-state index < -0.39 is 0 Å². The highest BCUT2D eigenvalue weighted by Gasteiger charge is 2.18. The van der Waals surface area contributed by atoms with Crippen LogP contribution in [0.2, 0.25) is 0 Å². The summed E-state index contributed by atoms with van der Waals surface area (Å²) >= 11 is 0. The van der Waals surface area contributed by atoms with Crippen LogP contribution in [-0.4, -0.2) is 27.3 Å². The van der Waals surface area contributed by atoms with E-state index in [4.69, 9.17) is 15.7 Å². The van der Waals surface area contributed by atoms with Crippen LogP contribution in [-0.2, 0) is 0 Å². The van der Waals surface area contributed by atoms with Crippen LogP contribution in [0.25, 0.3) is 0 Å². The molecule has 0 saturated carbocycles. The smallest absolute Gasteiger partial charge is 0.245 e. The van der Waals surface area contributed by atoms with Gasteiger partial charge in [-0.1, -0.05) is 19.0 Å². The number of rotatable bonds is 5. The van der Waals surface area contributed by atoms with Crippen LogP contribution in [0.1, 0.15) is 44.0 Å². The minimum atomic E-state index is -0.0124. The molecular weight excluding hydrogens is 244 g/mol. The number of aromatic nitrogens is 2. The molecule has 19 heavy (non-hydrogen) atoms. The van der Waals surface area contributed by atoms with Gasteiger partial charge in [-0.15, -0.1) is 5.10 Å². The van der Waals surface area contributed by atoms with Crippen molar-refractivity contribution in [2.24, 2.45) is 16.8 Å². The maximum absolute atomic E-state index is 8.87. The van der Waals surface area contributed by atoms with E-state index in [-0.39, 0.29) is 11.9 Å². The van der Waals surface area contributed by atoms with Crippen LogP contribution >= 0.6 is 0 Å². The van der Waals surface area contributed by atoms with E-state index in [9.17, 15) is 0 Å². The monoisotopic (exact) mass is 266 g/mol. The van der Waals surface area contributed by atoms with Crippen molar-refractivity contribution in [3.63, 3.8) is 0 Å². The van der Waals surface area contributed by atoms with E-state index in [1.54, 1.807) is 0 Å². The van der Waals surface area contributed by atoms with Gasteiger partial charge in [0.25, 0.3) is 0 Å². The summed E-state index contributed by atoms with van der Waals surface area (Å²) in [5.74, 6) is 0.815. The highest BCUT2D eigenvalue weighted by molar-refractivity contribution is 6.00. The molecule has 106 valence electrons. The van der Waals surface area contributed by atoms with Crippen LogP contribution in [0, 0.1) is 19.8 Å². The third kappa shape index (κ3) is 3.81. The first-order valence-corrected chi connectivity index (χ1v) is 6.35. The van der Waals surface area contributed by atoms with Gasteiger partial charge in [-0.05, 0) is 38.7 Å². The Hall–Kier alpha value is -1.85. The molecule has 3 N–H and O–H groups in total.